The van der Waals surface area contributed by atoms with Crippen molar-refractivity contribution in [3.05, 3.63) is 0 Å². The van der Waals surface area contributed by atoms with Gasteiger partial charge in [0, 0.05) is 0 Å². The second-order valence-electron chi connectivity index (χ2n) is 5.64. The number of hydrogen-bond donors (Lipinski definition) is 0. The van der Waals surface area contributed by atoms with Crippen molar-refractivity contribution in [1.29, 1.82) is 0 Å². The summed E-state index contributed by atoms with van der Waals surface area (Å²) in [6, 6.07) is 0. The predicted octanol–water partition coefficient (Wildman–Crippen LogP) is 4.09. The Balaban J connectivity index is 2.34. The number of rotatable bonds is 4. The van der Waals surface area contributed by atoms with Gasteiger partial charge in [0.25, 0.3) is 0 Å². The molecule has 1 unspecified atom stereocenters. The van der Waals surface area contributed by atoms with Crippen LogP contribution in [0.2, 0.25) is 0 Å². The van der Waals surface area contributed by atoms with E-state index in [1.54, 1.807) is 0 Å². The van der Waals surface area contributed by atoms with Gasteiger partial charge in [0.2, 0.25) is 0 Å². The molecule has 2 nitrogen and oxygen atoms in total. The third kappa shape index (κ3) is 4.98. The van der Waals surface area contributed by atoms with Crippen LogP contribution in [-0.4, -0.2) is 11.7 Å². The van der Waals surface area contributed by atoms with Gasteiger partial charge >= 0.3 is 0 Å². The molecule has 0 bridgehead atoms. The van der Waals surface area contributed by atoms with Crippen LogP contribution in [0, 0.1) is 5.92 Å². The zero-order chi connectivity index (χ0) is 11.3. The Hall–Kier alpha value is -0.0800. The first-order valence-corrected chi connectivity index (χ1v) is 6.37. The molecule has 1 aliphatic carbocycles. The van der Waals surface area contributed by atoms with E-state index in [0.29, 0.717) is 12.0 Å². The maximum Gasteiger partial charge on any atom is 0.0955 e. The van der Waals surface area contributed by atoms with Crippen LogP contribution in [0.5, 0.6) is 0 Å². The molecule has 1 saturated carbocycles. The smallest absolute Gasteiger partial charge is 0.0955 e. The van der Waals surface area contributed by atoms with Crippen LogP contribution in [0.1, 0.15) is 66.2 Å². The summed E-state index contributed by atoms with van der Waals surface area (Å²) < 4.78 is 0. The fourth-order valence-electron chi connectivity index (χ4n) is 2.19. The molecular weight excluding hydrogens is 188 g/mol. The lowest BCUT2D eigenvalue weighted by molar-refractivity contribution is -0.381. The lowest BCUT2D eigenvalue weighted by atomic mass is 9.84. The molecule has 2 heteroatoms. The Morgan fingerprint density at radius 2 is 1.73 bits per heavy atom. The summed E-state index contributed by atoms with van der Waals surface area (Å²) in [7, 11) is 0. The summed E-state index contributed by atoms with van der Waals surface area (Å²) in [5, 5.41) is 0. The molecule has 0 heterocycles. The quantitative estimate of drug-likeness (QED) is 0.518. The first kappa shape index (κ1) is 13.0. The van der Waals surface area contributed by atoms with Gasteiger partial charge in [-0.15, -0.1) is 0 Å². The average molecular weight is 214 g/mol. The van der Waals surface area contributed by atoms with Gasteiger partial charge in [-0.25, -0.2) is 9.78 Å². The summed E-state index contributed by atoms with van der Waals surface area (Å²) in [4.78, 5) is 11.0. The molecule has 0 aromatic carbocycles. The normalized spacial score (nSPS) is 21.6. The first-order chi connectivity index (χ1) is 7.03. The van der Waals surface area contributed by atoms with Gasteiger partial charge < -0.3 is 0 Å². The summed E-state index contributed by atoms with van der Waals surface area (Å²) in [6.07, 6.45) is 8.09. The van der Waals surface area contributed by atoms with E-state index in [1.165, 1.54) is 32.1 Å². The largest absolute Gasteiger partial charge is 0.233 e. The highest BCUT2D eigenvalue weighted by Gasteiger charge is 2.25. The molecule has 0 N–H and O–H groups in total. The minimum absolute atomic E-state index is 0.192. The van der Waals surface area contributed by atoms with E-state index >= 15 is 0 Å². The van der Waals surface area contributed by atoms with Gasteiger partial charge in [-0.1, -0.05) is 26.2 Å². The third-order valence-corrected chi connectivity index (χ3v) is 3.00. The molecule has 1 rings (SSSR count). The zero-order valence-corrected chi connectivity index (χ0v) is 10.7. The Labute approximate surface area is 94.3 Å². The van der Waals surface area contributed by atoms with Crippen molar-refractivity contribution in [2.24, 2.45) is 5.92 Å². The Kier molecular flexibility index (Phi) is 5.07. The lowest BCUT2D eigenvalue weighted by Gasteiger charge is -2.30. The van der Waals surface area contributed by atoms with Gasteiger partial charge in [-0.05, 0) is 46.0 Å². The van der Waals surface area contributed by atoms with E-state index in [2.05, 4.69) is 6.92 Å². The molecule has 90 valence electrons. The SMILES string of the molecule is CCC(OOC(C)(C)C)C1CCCCC1. The minimum Gasteiger partial charge on any atom is -0.233 e. The minimum atomic E-state index is -0.192. The molecular formula is C13H26O2. The average Bonchev–Trinajstić information content (AvgIpc) is 2.19. The summed E-state index contributed by atoms with van der Waals surface area (Å²) in [6.45, 7) is 8.27. The van der Waals surface area contributed by atoms with Crippen molar-refractivity contribution in [1.82, 2.24) is 0 Å². The van der Waals surface area contributed by atoms with Gasteiger partial charge in [-0.3, -0.25) is 0 Å². The van der Waals surface area contributed by atoms with E-state index in [-0.39, 0.29) is 5.60 Å². The summed E-state index contributed by atoms with van der Waals surface area (Å²) in [5.74, 6) is 0.714. The van der Waals surface area contributed by atoms with E-state index < -0.39 is 0 Å². The molecule has 1 atom stereocenters. The molecule has 1 fully saturated rings. The second kappa shape index (κ2) is 5.86. The van der Waals surface area contributed by atoms with Crippen LogP contribution in [0.25, 0.3) is 0 Å². The molecule has 0 spiro atoms. The van der Waals surface area contributed by atoms with Crippen LogP contribution < -0.4 is 0 Å². The van der Waals surface area contributed by atoms with Crippen LogP contribution in [0.4, 0.5) is 0 Å². The molecule has 15 heavy (non-hydrogen) atoms. The number of hydrogen-bond acceptors (Lipinski definition) is 2. The van der Waals surface area contributed by atoms with E-state index in [0.717, 1.165) is 6.42 Å². The van der Waals surface area contributed by atoms with Crippen molar-refractivity contribution in [2.45, 2.75) is 77.9 Å². The van der Waals surface area contributed by atoms with Crippen LogP contribution >= 0.6 is 0 Å². The highest BCUT2D eigenvalue weighted by molar-refractivity contribution is 4.73. The lowest BCUT2D eigenvalue weighted by Crippen LogP contribution is -2.30. The van der Waals surface area contributed by atoms with Crippen LogP contribution in [-0.2, 0) is 9.78 Å². The van der Waals surface area contributed by atoms with Crippen LogP contribution in [0.3, 0.4) is 0 Å². The molecule has 1 aliphatic rings. The first-order valence-electron chi connectivity index (χ1n) is 6.37. The standard InChI is InChI=1S/C13H26O2/c1-5-12(14-15-13(2,3)4)11-9-7-6-8-10-11/h11-12H,5-10H2,1-4H3. The Morgan fingerprint density at radius 1 is 1.13 bits per heavy atom. The van der Waals surface area contributed by atoms with Gasteiger partial charge in [0.15, 0.2) is 0 Å². The zero-order valence-electron chi connectivity index (χ0n) is 10.7. The maximum absolute atomic E-state index is 5.60. The highest BCUT2D eigenvalue weighted by atomic mass is 17.2. The van der Waals surface area contributed by atoms with E-state index in [4.69, 9.17) is 9.78 Å². The van der Waals surface area contributed by atoms with Crippen LogP contribution in [0.15, 0.2) is 0 Å². The van der Waals surface area contributed by atoms with Gasteiger partial charge in [0.1, 0.15) is 0 Å². The molecule has 0 radical (unpaired) electrons. The molecule has 0 saturated heterocycles. The van der Waals surface area contributed by atoms with Gasteiger partial charge in [0.05, 0.1) is 11.7 Å². The maximum atomic E-state index is 5.60. The second-order valence-corrected chi connectivity index (χ2v) is 5.64. The van der Waals surface area contributed by atoms with E-state index in [9.17, 15) is 0 Å². The predicted molar refractivity (Wildman–Crippen MR) is 62.6 cm³/mol. The highest BCUT2D eigenvalue weighted by Crippen LogP contribution is 2.30. The van der Waals surface area contributed by atoms with Crippen molar-refractivity contribution in [3.63, 3.8) is 0 Å². The van der Waals surface area contributed by atoms with Crippen molar-refractivity contribution in [3.8, 4) is 0 Å². The molecule has 0 aliphatic heterocycles. The summed E-state index contributed by atoms with van der Waals surface area (Å²) in [5.41, 5.74) is -0.192. The fourth-order valence-corrected chi connectivity index (χ4v) is 2.19. The summed E-state index contributed by atoms with van der Waals surface area (Å²) >= 11 is 0. The third-order valence-electron chi connectivity index (χ3n) is 3.00. The Bertz CT molecular complexity index is 166. The Morgan fingerprint density at radius 3 is 2.20 bits per heavy atom. The molecule has 0 aromatic rings. The monoisotopic (exact) mass is 214 g/mol. The van der Waals surface area contributed by atoms with Crippen molar-refractivity contribution < 1.29 is 9.78 Å². The van der Waals surface area contributed by atoms with E-state index in [1.807, 2.05) is 20.8 Å². The topological polar surface area (TPSA) is 18.5 Å². The van der Waals surface area contributed by atoms with Crippen molar-refractivity contribution >= 4 is 0 Å². The fraction of sp³-hybridized carbons (Fsp3) is 1.00. The molecule has 0 amide bonds. The van der Waals surface area contributed by atoms with Gasteiger partial charge in [-0.2, -0.15) is 0 Å². The van der Waals surface area contributed by atoms with Crippen molar-refractivity contribution in [2.75, 3.05) is 0 Å². The molecule has 0 aromatic heterocycles.